The molecule has 1 amide bonds. The van der Waals surface area contributed by atoms with Gasteiger partial charge in [0.1, 0.15) is 17.9 Å². The van der Waals surface area contributed by atoms with Gasteiger partial charge in [-0.15, -0.1) is 11.3 Å². The van der Waals surface area contributed by atoms with E-state index in [4.69, 9.17) is 9.47 Å². The summed E-state index contributed by atoms with van der Waals surface area (Å²) in [5.74, 6) is -0.189. The van der Waals surface area contributed by atoms with E-state index in [-0.39, 0.29) is 24.0 Å². The predicted molar refractivity (Wildman–Crippen MR) is 119 cm³/mol. The number of ether oxygens (including phenoxy) is 2. The first-order chi connectivity index (χ1) is 15.6. The Morgan fingerprint density at radius 1 is 1.03 bits per heavy atom. The number of nitrogens with zero attached hydrogens (tertiary/aromatic N) is 4. The highest BCUT2D eigenvalue weighted by Crippen LogP contribution is 2.29. The molecule has 0 N–H and O–H groups in total. The van der Waals surface area contributed by atoms with Gasteiger partial charge in [-0.3, -0.25) is 14.7 Å². The molecule has 0 saturated carbocycles. The Kier molecular flexibility index (Phi) is 6.47. The Labute approximate surface area is 188 Å². The number of hydrogen-bond acceptors (Lipinski definition) is 8. The average Bonchev–Trinajstić information content (AvgIpc) is 3.27. The first-order valence-electron chi connectivity index (χ1n) is 9.62. The first-order valence-corrected chi connectivity index (χ1v) is 10.5. The summed E-state index contributed by atoms with van der Waals surface area (Å²) in [4.78, 5) is 38.9. The largest absolute Gasteiger partial charge is 0.455 e. The predicted octanol–water partition coefficient (Wildman–Crippen LogP) is 4.77. The minimum atomic E-state index is -0.599. The number of hydrogen-bond donors (Lipinski definition) is 0. The van der Waals surface area contributed by atoms with Gasteiger partial charge in [-0.1, -0.05) is 18.2 Å². The Hall–Kier alpha value is -4.11. The highest BCUT2D eigenvalue weighted by Gasteiger charge is 2.20. The van der Waals surface area contributed by atoms with E-state index in [1.165, 1.54) is 35.6 Å². The van der Waals surface area contributed by atoms with Crippen LogP contribution >= 0.6 is 11.3 Å². The molecule has 160 valence electrons. The zero-order valence-corrected chi connectivity index (χ0v) is 17.9. The summed E-state index contributed by atoms with van der Waals surface area (Å²) in [5, 5.41) is 2.24. The van der Waals surface area contributed by atoms with E-state index in [2.05, 4.69) is 15.0 Å². The Morgan fingerprint density at radius 3 is 2.59 bits per heavy atom. The Morgan fingerprint density at radius 2 is 1.84 bits per heavy atom. The molecule has 0 atom stereocenters. The molecule has 0 aliphatic rings. The van der Waals surface area contributed by atoms with E-state index in [1.54, 1.807) is 35.8 Å². The fourth-order valence-electron chi connectivity index (χ4n) is 2.83. The van der Waals surface area contributed by atoms with Gasteiger partial charge in [0.05, 0.1) is 17.6 Å². The SMILES string of the molecule is CC(=O)N(c1ccccc1)c1nc(COC(=O)c2cccnc2Oc2cccnc2)cs1. The van der Waals surface area contributed by atoms with Gasteiger partial charge in [-0.25, -0.2) is 14.8 Å². The van der Waals surface area contributed by atoms with Crippen molar-refractivity contribution < 1.29 is 19.1 Å². The van der Waals surface area contributed by atoms with E-state index in [0.717, 1.165) is 0 Å². The molecule has 0 fully saturated rings. The maximum atomic E-state index is 12.7. The van der Waals surface area contributed by atoms with Crippen LogP contribution in [-0.4, -0.2) is 26.8 Å². The van der Waals surface area contributed by atoms with Gasteiger partial charge in [-0.2, -0.15) is 0 Å². The summed E-state index contributed by atoms with van der Waals surface area (Å²) < 4.78 is 11.1. The Bertz CT molecular complexity index is 1210. The third-order valence-corrected chi connectivity index (χ3v) is 5.13. The molecular formula is C23H18N4O4S. The molecule has 0 spiro atoms. The highest BCUT2D eigenvalue weighted by atomic mass is 32.1. The molecule has 1 aromatic carbocycles. The van der Waals surface area contributed by atoms with Crippen molar-refractivity contribution in [2.24, 2.45) is 0 Å². The number of anilines is 2. The molecule has 8 nitrogen and oxygen atoms in total. The van der Waals surface area contributed by atoms with Crippen LogP contribution in [0.4, 0.5) is 10.8 Å². The van der Waals surface area contributed by atoms with Crippen LogP contribution in [0.15, 0.2) is 78.6 Å². The lowest BCUT2D eigenvalue weighted by Crippen LogP contribution is -2.22. The number of carbonyl (C=O) groups is 2. The monoisotopic (exact) mass is 446 g/mol. The summed E-state index contributed by atoms with van der Waals surface area (Å²) in [7, 11) is 0. The van der Waals surface area contributed by atoms with Crippen LogP contribution in [0.1, 0.15) is 23.0 Å². The topological polar surface area (TPSA) is 94.5 Å². The van der Waals surface area contributed by atoms with E-state index in [9.17, 15) is 9.59 Å². The molecule has 0 aliphatic heterocycles. The van der Waals surface area contributed by atoms with Crippen molar-refractivity contribution in [2.75, 3.05) is 4.90 Å². The second kappa shape index (κ2) is 9.80. The highest BCUT2D eigenvalue weighted by molar-refractivity contribution is 7.14. The fraction of sp³-hybridized carbons (Fsp3) is 0.0870. The Balaban J connectivity index is 1.46. The quantitative estimate of drug-likeness (QED) is 0.378. The average molecular weight is 446 g/mol. The number of thiazole rings is 1. The zero-order chi connectivity index (χ0) is 22.3. The van der Waals surface area contributed by atoms with Crippen LogP contribution in [0.2, 0.25) is 0 Å². The molecule has 3 aromatic heterocycles. The van der Waals surface area contributed by atoms with Crippen molar-refractivity contribution in [3.8, 4) is 11.6 Å². The summed E-state index contributed by atoms with van der Waals surface area (Å²) in [5.41, 5.74) is 1.42. The van der Waals surface area contributed by atoms with E-state index in [1.807, 2.05) is 30.3 Å². The third-order valence-electron chi connectivity index (χ3n) is 4.25. The minimum Gasteiger partial charge on any atom is -0.455 e. The molecule has 0 saturated heterocycles. The van der Waals surface area contributed by atoms with Crippen LogP contribution in [0.5, 0.6) is 11.6 Å². The van der Waals surface area contributed by atoms with Gasteiger partial charge < -0.3 is 9.47 Å². The molecule has 3 heterocycles. The van der Waals surface area contributed by atoms with Crippen LogP contribution in [-0.2, 0) is 16.1 Å². The molecule has 0 aliphatic carbocycles. The first kappa shape index (κ1) is 21.1. The van der Waals surface area contributed by atoms with Crippen LogP contribution in [0.25, 0.3) is 0 Å². The number of pyridine rings is 2. The maximum absolute atomic E-state index is 12.7. The van der Waals surface area contributed by atoms with Crippen molar-refractivity contribution in [2.45, 2.75) is 13.5 Å². The van der Waals surface area contributed by atoms with Crippen LogP contribution in [0.3, 0.4) is 0 Å². The minimum absolute atomic E-state index is 0.0584. The summed E-state index contributed by atoms with van der Waals surface area (Å²) in [6.45, 7) is 1.41. The molecule has 9 heteroatoms. The maximum Gasteiger partial charge on any atom is 0.344 e. The van der Waals surface area contributed by atoms with Gasteiger partial charge in [-0.05, 0) is 36.4 Å². The normalized spacial score (nSPS) is 10.4. The zero-order valence-electron chi connectivity index (χ0n) is 17.0. The summed E-state index contributed by atoms with van der Waals surface area (Å²) in [6, 6.07) is 15.8. The van der Waals surface area contributed by atoms with Gasteiger partial charge in [0.25, 0.3) is 0 Å². The van der Waals surface area contributed by atoms with Crippen molar-refractivity contribution in [1.29, 1.82) is 0 Å². The summed E-state index contributed by atoms with van der Waals surface area (Å²) >= 11 is 1.29. The van der Waals surface area contributed by atoms with Crippen molar-refractivity contribution in [3.05, 3.63) is 89.8 Å². The van der Waals surface area contributed by atoms with Gasteiger partial charge in [0, 0.05) is 24.7 Å². The van der Waals surface area contributed by atoms with Gasteiger partial charge >= 0.3 is 5.97 Å². The van der Waals surface area contributed by atoms with E-state index in [0.29, 0.717) is 22.3 Å². The van der Waals surface area contributed by atoms with Crippen molar-refractivity contribution in [3.63, 3.8) is 0 Å². The van der Waals surface area contributed by atoms with Gasteiger partial charge in [0.15, 0.2) is 5.13 Å². The number of aromatic nitrogens is 3. The van der Waals surface area contributed by atoms with Crippen molar-refractivity contribution >= 4 is 34.0 Å². The van der Waals surface area contributed by atoms with Crippen LogP contribution in [0, 0.1) is 0 Å². The number of carbonyl (C=O) groups excluding carboxylic acids is 2. The molecular weight excluding hydrogens is 428 g/mol. The van der Waals surface area contributed by atoms with Gasteiger partial charge in [0.2, 0.25) is 11.8 Å². The van der Waals surface area contributed by atoms with Crippen LogP contribution < -0.4 is 9.64 Å². The molecule has 0 unspecified atom stereocenters. The molecule has 4 rings (SSSR count). The number of rotatable bonds is 7. The number of esters is 1. The second-order valence-corrected chi connectivity index (χ2v) is 7.37. The lowest BCUT2D eigenvalue weighted by atomic mass is 10.3. The second-order valence-electron chi connectivity index (χ2n) is 6.53. The molecule has 0 radical (unpaired) electrons. The lowest BCUT2D eigenvalue weighted by molar-refractivity contribution is -0.115. The van der Waals surface area contributed by atoms with Crippen molar-refractivity contribution in [1.82, 2.24) is 15.0 Å². The molecule has 0 bridgehead atoms. The summed E-state index contributed by atoms with van der Waals surface area (Å²) in [6.07, 6.45) is 4.66. The number of para-hydroxylation sites is 1. The molecule has 4 aromatic rings. The van der Waals surface area contributed by atoms with E-state index < -0.39 is 5.97 Å². The lowest BCUT2D eigenvalue weighted by Gasteiger charge is -2.17. The fourth-order valence-corrected chi connectivity index (χ4v) is 3.70. The number of amides is 1. The standard InChI is InChI=1S/C23H18N4O4S/c1-16(28)27(18-7-3-2-4-8-18)23-26-17(15-32-23)14-30-22(29)20-10-6-12-25-21(20)31-19-9-5-11-24-13-19/h2-13,15H,14H2,1H3. The third kappa shape index (κ3) is 4.96. The molecule has 32 heavy (non-hydrogen) atoms. The van der Waals surface area contributed by atoms with E-state index >= 15 is 0 Å². The number of benzene rings is 1. The smallest absolute Gasteiger partial charge is 0.344 e.